The number of hydrogen-bond acceptors (Lipinski definition) is 5. The van der Waals surface area contributed by atoms with Gasteiger partial charge in [-0.3, -0.25) is 9.59 Å². The topological polar surface area (TPSA) is 80.3 Å². The highest BCUT2D eigenvalue weighted by molar-refractivity contribution is 7.13. The first kappa shape index (κ1) is 22.2. The normalized spacial score (nSPS) is 10.5. The van der Waals surface area contributed by atoms with E-state index in [2.05, 4.69) is 15.6 Å². The van der Waals surface area contributed by atoms with Crippen molar-refractivity contribution in [2.24, 2.45) is 0 Å². The second-order valence-corrected chi connectivity index (χ2v) is 8.08. The molecule has 0 saturated heterocycles. The molecule has 0 unspecified atom stereocenters. The molecule has 0 atom stereocenters. The number of nitrogens with one attached hydrogen (secondary N) is 2. The van der Waals surface area contributed by atoms with Crippen LogP contribution in [0.25, 0.3) is 10.6 Å². The summed E-state index contributed by atoms with van der Waals surface area (Å²) in [5, 5.41) is 8.66. The molecule has 7 heteroatoms. The number of amides is 2. The molecule has 6 nitrogen and oxygen atoms in total. The highest BCUT2D eigenvalue weighted by atomic mass is 32.1. The molecule has 0 fully saturated rings. The van der Waals surface area contributed by atoms with Gasteiger partial charge in [0.05, 0.1) is 12.2 Å². The first-order valence-electron chi connectivity index (χ1n) is 10.5. The Morgan fingerprint density at radius 1 is 0.970 bits per heavy atom. The van der Waals surface area contributed by atoms with Crippen molar-refractivity contribution in [1.29, 1.82) is 0 Å². The minimum atomic E-state index is -0.283. The van der Waals surface area contributed by atoms with Gasteiger partial charge in [-0.2, -0.15) is 0 Å². The van der Waals surface area contributed by atoms with Crippen LogP contribution in [0.15, 0.2) is 84.4 Å². The van der Waals surface area contributed by atoms with Crippen molar-refractivity contribution in [3.63, 3.8) is 0 Å². The zero-order chi connectivity index (χ0) is 23.0. The molecule has 4 aromatic rings. The molecular weight excluding hydrogens is 434 g/mol. The van der Waals surface area contributed by atoms with Crippen LogP contribution >= 0.6 is 11.3 Å². The van der Waals surface area contributed by atoms with Crippen molar-refractivity contribution in [2.45, 2.75) is 13.5 Å². The average Bonchev–Trinajstić information content (AvgIpc) is 3.39. The van der Waals surface area contributed by atoms with Crippen LogP contribution in [0.1, 0.15) is 33.2 Å². The summed E-state index contributed by atoms with van der Waals surface area (Å²) >= 11 is 1.57. The third-order valence-electron chi connectivity index (χ3n) is 4.88. The molecule has 0 radical (unpaired) electrons. The lowest BCUT2D eigenvalue weighted by atomic mass is 10.1. The maximum atomic E-state index is 13.0. The smallest absolute Gasteiger partial charge is 0.255 e. The van der Waals surface area contributed by atoms with Gasteiger partial charge >= 0.3 is 0 Å². The fourth-order valence-electron chi connectivity index (χ4n) is 3.32. The molecule has 4 rings (SSSR count). The summed E-state index contributed by atoms with van der Waals surface area (Å²) in [7, 11) is 0. The van der Waals surface area contributed by atoms with Crippen LogP contribution < -0.4 is 15.4 Å². The van der Waals surface area contributed by atoms with Gasteiger partial charge in [-0.1, -0.05) is 36.4 Å². The number of anilines is 1. The number of carbonyl (C=O) groups is 2. The van der Waals surface area contributed by atoms with E-state index in [0.717, 1.165) is 16.1 Å². The molecule has 166 valence electrons. The van der Waals surface area contributed by atoms with Crippen molar-refractivity contribution >= 4 is 28.8 Å². The van der Waals surface area contributed by atoms with E-state index in [1.165, 1.54) is 0 Å². The SMILES string of the molecule is CCOc1ccc(NC(=O)c2ccccc2)cc1C(=O)NCc1cccc(-c2nccs2)c1. The number of thiazole rings is 1. The Bertz CT molecular complexity index is 1240. The summed E-state index contributed by atoms with van der Waals surface area (Å²) in [4.78, 5) is 29.9. The van der Waals surface area contributed by atoms with Crippen LogP contribution in [0, 0.1) is 0 Å². The van der Waals surface area contributed by atoms with Crippen molar-refractivity contribution in [2.75, 3.05) is 11.9 Å². The number of aromatic nitrogens is 1. The summed E-state index contributed by atoms with van der Waals surface area (Å²) in [5.41, 5.74) is 3.39. The standard InChI is InChI=1S/C26H23N3O3S/c1-2-32-23-12-11-21(29-24(30)19-8-4-3-5-9-19)16-22(23)25(31)28-17-18-7-6-10-20(15-18)26-27-13-14-33-26/h3-16H,2,17H2,1H3,(H,28,31)(H,29,30). The van der Waals surface area contributed by atoms with E-state index in [0.29, 0.717) is 35.7 Å². The molecule has 0 aliphatic rings. The van der Waals surface area contributed by atoms with Gasteiger partial charge in [0.1, 0.15) is 10.8 Å². The fourth-order valence-corrected chi connectivity index (χ4v) is 3.95. The number of carbonyl (C=O) groups excluding carboxylic acids is 2. The van der Waals surface area contributed by atoms with E-state index in [9.17, 15) is 9.59 Å². The Labute approximate surface area is 196 Å². The molecule has 2 N–H and O–H groups in total. The quantitative estimate of drug-likeness (QED) is 0.372. The summed E-state index contributed by atoms with van der Waals surface area (Å²) in [6, 6.07) is 21.9. The molecule has 0 aliphatic heterocycles. The van der Waals surface area contributed by atoms with Crippen molar-refractivity contribution < 1.29 is 14.3 Å². The third-order valence-corrected chi connectivity index (χ3v) is 5.70. The maximum absolute atomic E-state index is 13.0. The highest BCUT2D eigenvalue weighted by Crippen LogP contribution is 2.25. The van der Waals surface area contributed by atoms with Gasteiger partial charge < -0.3 is 15.4 Å². The Hall–Kier alpha value is -3.97. The third kappa shape index (κ3) is 5.64. The molecule has 0 saturated carbocycles. The van der Waals surface area contributed by atoms with E-state index in [-0.39, 0.29) is 11.8 Å². The van der Waals surface area contributed by atoms with Crippen LogP contribution in [-0.2, 0) is 6.54 Å². The zero-order valence-corrected chi connectivity index (χ0v) is 18.9. The van der Waals surface area contributed by atoms with Gasteiger partial charge in [-0.25, -0.2) is 4.98 Å². The molecule has 0 aliphatic carbocycles. The predicted octanol–water partition coefficient (Wildman–Crippen LogP) is 5.39. The summed E-state index contributed by atoms with van der Waals surface area (Å²) in [6.45, 7) is 2.63. The summed E-state index contributed by atoms with van der Waals surface area (Å²) in [5.74, 6) is -0.0664. The maximum Gasteiger partial charge on any atom is 0.255 e. The minimum Gasteiger partial charge on any atom is -0.493 e. The van der Waals surface area contributed by atoms with E-state index in [1.807, 2.05) is 42.6 Å². The Morgan fingerprint density at radius 3 is 2.58 bits per heavy atom. The Kier molecular flexibility index (Phi) is 7.12. The number of nitrogens with zero attached hydrogens (tertiary/aromatic N) is 1. The van der Waals surface area contributed by atoms with Crippen LogP contribution in [0.4, 0.5) is 5.69 Å². The number of ether oxygens (including phenoxy) is 1. The molecular formula is C26H23N3O3S. The lowest BCUT2D eigenvalue weighted by Gasteiger charge is -2.13. The molecule has 2 amide bonds. The van der Waals surface area contributed by atoms with Gasteiger partial charge in [0.2, 0.25) is 0 Å². The second kappa shape index (κ2) is 10.6. The molecule has 0 bridgehead atoms. The van der Waals surface area contributed by atoms with Crippen molar-refractivity contribution in [3.8, 4) is 16.3 Å². The van der Waals surface area contributed by atoms with E-state index >= 15 is 0 Å². The molecule has 1 heterocycles. The summed E-state index contributed by atoms with van der Waals surface area (Å²) < 4.78 is 5.64. The minimum absolute atomic E-state index is 0.245. The fraction of sp³-hybridized carbons (Fsp3) is 0.115. The molecule has 1 aromatic heterocycles. The monoisotopic (exact) mass is 457 g/mol. The zero-order valence-electron chi connectivity index (χ0n) is 18.1. The molecule has 3 aromatic carbocycles. The number of hydrogen-bond donors (Lipinski definition) is 2. The number of benzene rings is 3. The average molecular weight is 458 g/mol. The first-order valence-corrected chi connectivity index (χ1v) is 11.4. The van der Waals surface area contributed by atoms with Crippen molar-refractivity contribution in [3.05, 3.63) is 101 Å². The Balaban J connectivity index is 1.49. The van der Waals surface area contributed by atoms with E-state index in [4.69, 9.17) is 4.74 Å². The second-order valence-electron chi connectivity index (χ2n) is 7.18. The first-order chi connectivity index (χ1) is 16.1. The predicted molar refractivity (Wildman–Crippen MR) is 131 cm³/mol. The number of rotatable bonds is 8. The van der Waals surface area contributed by atoms with Gasteiger partial charge in [-0.05, 0) is 48.9 Å². The van der Waals surface area contributed by atoms with E-state index < -0.39 is 0 Å². The van der Waals surface area contributed by atoms with Crippen LogP contribution in [0.5, 0.6) is 5.75 Å². The van der Waals surface area contributed by atoms with Crippen LogP contribution in [0.2, 0.25) is 0 Å². The molecule has 0 spiro atoms. The van der Waals surface area contributed by atoms with Gasteiger partial charge in [0.25, 0.3) is 11.8 Å². The van der Waals surface area contributed by atoms with Gasteiger partial charge in [-0.15, -0.1) is 11.3 Å². The van der Waals surface area contributed by atoms with Crippen LogP contribution in [0.3, 0.4) is 0 Å². The summed E-state index contributed by atoms with van der Waals surface area (Å²) in [6.07, 6.45) is 1.77. The van der Waals surface area contributed by atoms with Crippen molar-refractivity contribution in [1.82, 2.24) is 10.3 Å². The highest BCUT2D eigenvalue weighted by Gasteiger charge is 2.15. The Morgan fingerprint density at radius 2 is 1.82 bits per heavy atom. The lowest BCUT2D eigenvalue weighted by Crippen LogP contribution is -2.24. The van der Waals surface area contributed by atoms with Gasteiger partial charge in [0, 0.05) is 34.9 Å². The lowest BCUT2D eigenvalue weighted by molar-refractivity contribution is 0.0945. The van der Waals surface area contributed by atoms with Gasteiger partial charge in [0.15, 0.2) is 0 Å². The largest absolute Gasteiger partial charge is 0.493 e. The van der Waals surface area contributed by atoms with Crippen LogP contribution in [-0.4, -0.2) is 23.4 Å². The van der Waals surface area contributed by atoms with E-state index in [1.54, 1.807) is 60.0 Å². The molecule has 33 heavy (non-hydrogen) atoms.